The van der Waals surface area contributed by atoms with Crippen LogP contribution >= 0.6 is 23.4 Å². The van der Waals surface area contributed by atoms with E-state index >= 15 is 0 Å². The Morgan fingerprint density at radius 2 is 1.97 bits per heavy atom. The van der Waals surface area contributed by atoms with Crippen LogP contribution in [0.3, 0.4) is 0 Å². The maximum Gasteiger partial charge on any atom is 1.00 e. The number of alkyl halides is 2. The first kappa shape index (κ1) is 27.6. The van der Waals surface area contributed by atoms with Gasteiger partial charge in [0.2, 0.25) is 0 Å². The molecule has 2 aliphatic rings. The van der Waals surface area contributed by atoms with Crippen LogP contribution in [0.5, 0.6) is 0 Å². The molecule has 0 spiro atoms. The third-order valence-corrected chi connectivity index (χ3v) is 7.95. The average molecular weight is 546 g/mol. The number of anilines is 1. The number of carboxylic acids is 1. The van der Waals surface area contributed by atoms with Gasteiger partial charge >= 0.3 is 36.2 Å². The molecular formula is C24H23ClF2N3NaO4S. The van der Waals surface area contributed by atoms with Crippen LogP contribution in [0.25, 0.3) is 21.9 Å². The van der Waals surface area contributed by atoms with Crippen molar-refractivity contribution in [2.24, 2.45) is 5.92 Å². The van der Waals surface area contributed by atoms with Crippen LogP contribution in [0.4, 0.5) is 14.6 Å². The molecule has 3 aromatic rings. The summed E-state index contributed by atoms with van der Waals surface area (Å²) in [6.07, 6.45) is 4.37. The van der Waals surface area contributed by atoms with Crippen molar-refractivity contribution in [1.29, 1.82) is 0 Å². The molecule has 2 heterocycles. The molecule has 5 rings (SSSR count). The number of hydrogen-bond donors (Lipinski definition) is 0. The molecule has 2 saturated carbocycles. The number of rotatable bonds is 9. The Balaban J connectivity index is 0.00000304. The van der Waals surface area contributed by atoms with Crippen molar-refractivity contribution >= 4 is 57.1 Å². The molecule has 12 heteroatoms. The second-order valence-electron chi connectivity index (χ2n) is 9.04. The predicted molar refractivity (Wildman–Crippen MR) is 129 cm³/mol. The summed E-state index contributed by atoms with van der Waals surface area (Å²) < 4.78 is 31.3. The van der Waals surface area contributed by atoms with Gasteiger partial charge in [0, 0.05) is 18.0 Å². The van der Waals surface area contributed by atoms with Gasteiger partial charge in [-0.15, -0.1) is 11.8 Å². The minimum absolute atomic E-state index is 0. The van der Waals surface area contributed by atoms with E-state index < -0.39 is 25.2 Å². The molecule has 0 unspecified atom stereocenters. The van der Waals surface area contributed by atoms with Gasteiger partial charge in [0.05, 0.1) is 39.4 Å². The summed E-state index contributed by atoms with van der Waals surface area (Å²) in [6, 6.07) is 6.59. The molecule has 2 aliphatic carbocycles. The maximum atomic E-state index is 13.4. The van der Waals surface area contributed by atoms with E-state index in [2.05, 4.69) is 9.64 Å². The predicted octanol–water partition coefficient (Wildman–Crippen LogP) is 0.665. The third kappa shape index (κ3) is 5.39. The van der Waals surface area contributed by atoms with Crippen molar-refractivity contribution in [3.63, 3.8) is 0 Å². The number of nitrogens with zero attached hydrogens (tertiary/aromatic N) is 3. The van der Waals surface area contributed by atoms with Gasteiger partial charge in [0.25, 0.3) is 0 Å². The Morgan fingerprint density at radius 1 is 1.28 bits per heavy atom. The van der Waals surface area contributed by atoms with Gasteiger partial charge < -0.3 is 24.1 Å². The molecule has 0 amide bonds. The number of hydrogen-bond acceptors (Lipinski definition) is 7. The Morgan fingerprint density at radius 3 is 2.58 bits per heavy atom. The number of carbonyl (C=O) groups excluding carboxylic acids is 1. The zero-order valence-corrected chi connectivity index (χ0v) is 23.5. The monoisotopic (exact) mass is 545 g/mol. The number of aromatic nitrogens is 2. The molecule has 1 aromatic carbocycles. The fraction of sp³-hybridized carbons (Fsp3) is 0.458. The zero-order chi connectivity index (χ0) is 24.9. The summed E-state index contributed by atoms with van der Waals surface area (Å²) >= 11 is 7.70. The van der Waals surface area contributed by atoms with Gasteiger partial charge in [-0.1, -0.05) is 11.6 Å². The Bertz CT molecular complexity index is 1360. The standard InChI is InChI=1S/C24H24ClF2N3O4S.Na/c1-35-22-17(25)6-4-15-20(22)30(11-19(31)32)23-16(21(15)33)5-7-18(28-23)29(10-12-2-3-12)13-8-14(9-13)34-24(26)27;/h4-7,12-14,24H,2-3,8-11H2,1H3,(H,31,32);/q;+1/p-1. The molecule has 36 heavy (non-hydrogen) atoms. The van der Waals surface area contributed by atoms with Gasteiger partial charge in [0.15, 0.2) is 5.43 Å². The van der Waals surface area contributed by atoms with Gasteiger partial charge in [-0.05, 0) is 62.1 Å². The Labute approximate surface area is 237 Å². The third-order valence-electron chi connectivity index (χ3n) is 6.70. The Hall–Kier alpha value is -1.43. The van der Waals surface area contributed by atoms with Gasteiger partial charge in [0.1, 0.15) is 11.5 Å². The van der Waals surface area contributed by atoms with Gasteiger partial charge in [-0.25, -0.2) is 4.98 Å². The number of ether oxygens (including phenoxy) is 1. The molecule has 2 aromatic heterocycles. The van der Waals surface area contributed by atoms with Crippen molar-refractivity contribution in [3.05, 3.63) is 39.5 Å². The SMILES string of the molecule is CSc1c(Cl)ccc2c(=O)c3ccc(N(CC4CC4)C4CC(OC(F)F)C4)nc3n(CC(=O)[O-])c12.[Na+]. The second-order valence-corrected chi connectivity index (χ2v) is 10.3. The number of aliphatic carboxylic acids is 1. The first-order valence-electron chi connectivity index (χ1n) is 11.4. The van der Waals surface area contributed by atoms with Crippen molar-refractivity contribution in [2.45, 2.75) is 55.9 Å². The number of pyridine rings is 2. The quantitative estimate of drug-likeness (QED) is 0.222. The first-order chi connectivity index (χ1) is 16.8. The van der Waals surface area contributed by atoms with Crippen LogP contribution < -0.4 is 45.0 Å². The summed E-state index contributed by atoms with van der Waals surface area (Å²) in [4.78, 5) is 32.5. The van der Waals surface area contributed by atoms with E-state index in [0.29, 0.717) is 51.9 Å². The first-order valence-corrected chi connectivity index (χ1v) is 13.0. The van der Waals surface area contributed by atoms with E-state index in [9.17, 15) is 23.5 Å². The molecule has 0 atom stereocenters. The minimum Gasteiger partial charge on any atom is -0.548 e. The fourth-order valence-corrected chi connectivity index (χ4v) is 5.83. The van der Waals surface area contributed by atoms with Crippen LogP contribution in [0, 0.1) is 5.92 Å². The molecule has 0 N–H and O–H groups in total. The molecule has 0 aliphatic heterocycles. The normalized spacial score (nSPS) is 19.4. The molecule has 0 bridgehead atoms. The van der Waals surface area contributed by atoms with Crippen LogP contribution in [0.15, 0.2) is 34.0 Å². The van der Waals surface area contributed by atoms with Gasteiger partial charge in [-0.2, -0.15) is 8.78 Å². The smallest absolute Gasteiger partial charge is 0.548 e. The Kier molecular flexibility index (Phi) is 8.53. The van der Waals surface area contributed by atoms with Crippen LogP contribution in [-0.2, 0) is 16.1 Å². The van der Waals surface area contributed by atoms with Crippen LogP contribution in [-0.4, -0.2) is 47.1 Å². The summed E-state index contributed by atoms with van der Waals surface area (Å²) in [5.74, 6) is -0.258. The van der Waals surface area contributed by atoms with Crippen LogP contribution in [0.1, 0.15) is 25.7 Å². The molecule has 186 valence electrons. The molecule has 0 saturated heterocycles. The second kappa shape index (κ2) is 11.1. The van der Waals surface area contributed by atoms with E-state index in [4.69, 9.17) is 16.6 Å². The number of fused-ring (bicyclic) bond motifs is 2. The number of thioether (sulfide) groups is 1. The molecule has 7 nitrogen and oxygen atoms in total. The van der Waals surface area contributed by atoms with E-state index in [1.165, 1.54) is 16.3 Å². The summed E-state index contributed by atoms with van der Waals surface area (Å²) in [5.41, 5.74) is 0.361. The summed E-state index contributed by atoms with van der Waals surface area (Å²) in [6.45, 7) is -2.60. The average Bonchev–Trinajstić information content (AvgIpc) is 3.61. The van der Waals surface area contributed by atoms with Gasteiger partial charge in [-0.3, -0.25) is 4.79 Å². The van der Waals surface area contributed by atoms with Crippen molar-refractivity contribution in [1.82, 2.24) is 9.55 Å². The number of carbonyl (C=O) groups is 1. The van der Waals surface area contributed by atoms with Crippen molar-refractivity contribution in [3.8, 4) is 0 Å². The maximum absolute atomic E-state index is 13.4. The largest absolute Gasteiger partial charge is 1.00 e. The number of benzene rings is 1. The minimum atomic E-state index is -2.80. The zero-order valence-electron chi connectivity index (χ0n) is 19.9. The van der Waals surface area contributed by atoms with Crippen LogP contribution in [0.2, 0.25) is 5.02 Å². The summed E-state index contributed by atoms with van der Waals surface area (Å²) in [7, 11) is 0. The fourth-order valence-electron chi connectivity index (χ4n) is 4.76. The molecular weight excluding hydrogens is 523 g/mol. The number of halogens is 3. The van der Waals surface area contributed by atoms with E-state index in [0.717, 1.165) is 12.8 Å². The summed E-state index contributed by atoms with van der Waals surface area (Å²) in [5, 5.41) is 12.8. The van der Waals surface area contributed by atoms with E-state index in [1.807, 2.05) is 0 Å². The topological polar surface area (TPSA) is 87.5 Å². The van der Waals surface area contributed by atoms with E-state index in [-0.39, 0.29) is 52.1 Å². The number of carboxylic acid groups (broad SMARTS) is 1. The molecule has 2 fully saturated rings. The van der Waals surface area contributed by atoms with E-state index in [1.54, 1.807) is 30.5 Å². The van der Waals surface area contributed by atoms with Crippen molar-refractivity contribution < 1.29 is 53.0 Å². The van der Waals surface area contributed by atoms with Crippen molar-refractivity contribution in [2.75, 3.05) is 17.7 Å². The molecule has 0 radical (unpaired) electrons.